The average molecular weight is 287 g/mol. The molecule has 0 radical (unpaired) electrons. The number of hydrogen-bond donors (Lipinski definition) is 1. The van der Waals surface area contributed by atoms with Gasteiger partial charge in [-0.15, -0.1) is 11.6 Å². The molecule has 0 aromatic heterocycles. The lowest BCUT2D eigenvalue weighted by Crippen LogP contribution is -2.21. The van der Waals surface area contributed by atoms with Crippen LogP contribution >= 0.6 is 11.6 Å². The van der Waals surface area contributed by atoms with Crippen molar-refractivity contribution in [1.82, 2.24) is 0 Å². The van der Waals surface area contributed by atoms with E-state index in [0.717, 1.165) is 6.07 Å². The Labute approximate surface area is 104 Å². The van der Waals surface area contributed by atoms with Crippen molar-refractivity contribution in [2.75, 3.05) is 6.61 Å². The summed E-state index contributed by atoms with van der Waals surface area (Å²) in [6.07, 6.45) is -4.85. The maximum absolute atomic E-state index is 12.9. The Morgan fingerprint density at radius 1 is 1.44 bits per heavy atom. The molecule has 0 aliphatic carbocycles. The van der Waals surface area contributed by atoms with E-state index in [1.54, 1.807) is 0 Å². The van der Waals surface area contributed by atoms with Crippen molar-refractivity contribution in [2.24, 2.45) is 0 Å². The van der Waals surface area contributed by atoms with E-state index in [9.17, 15) is 22.4 Å². The van der Waals surface area contributed by atoms with E-state index < -0.39 is 35.5 Å². The number of halogens is 5. The van der Waals surface area contributed by atoms with Crippen LogP contribution in [0.15, 0.2) is 18.2 Å². The molecule has 0 saturated heterocycles. The number of carboxylic acid groups (broad SMARTS) is 1. The Morgan fingerprint density at radius 3 is 2.56 bits per heavy atom. The fourth-order valence-electron chi connectivity index (χ4n) is 1.05. The number of rotatable bonds is 4. The molecule has 0 aliphatic rings. The van der Waals surface area contributed by atoms with Crippen molar-refractivity contribution in [3.8, 4) is 5.75 Å². The average Bonchev–Trinajstić information content (AvgIpc) is 2.25. The van der Waals surface area contributed by atoms with Crippen LogP contribution in [0, 0.1) is 5.82 Å². The lowest BCUT2D eigenvalue weighted by molar-refractivity contribution is -0.140. The lowest BCUT2D eigenvalue weighted by atomic mass is 10.2. The van der Waals surface area contributed by atoms with Gasteiger partial charge in [-0.05, 0) is 18.2 Å². The number of hydrogen-bond acceptors (Lipinski definition) is 2. The quantitative estimate of drug-likeness (QED) is 0.684. The van der Waals surface area contributed by atoms with Gasteiger partial charge in [-0.1, -0.05) is 0 Å². The van der Waals surface area contributed by atoms with Crippen LogP contribution in [0.2, 0.25) is 0 Å². The topological polar surface area (TPSA) is 46.5 Å². The number of carboxylic acids is 1. The smallest absolute Gasteiger partial charge is 0.419 e. The Morgan fingerprint density at radius 2 is 2.06 bits per heavy atom. The molecule has 0 spiro atoms. The zero-order valence-corrected chi connectivity index (χ0v) is 9.43. The van der Waals surface area contributed by atoms with Crippen molar-refractivity contribution in [3.63, 3.8) is 0 Å². The van der Waals surface area contributed by atoms with Gasteiger partial charge in [0.2, 0.25) is 0 Å². The highest BCUT2D eigenvalue weighted by Gasteiger charge is 2.34. The second kappa shape index (κ2) is 5.43. The number of carbonyl (C=O) groups is 1. The molecular formula is C10H7ClF4O3. The third kappa shape index (κ3) is 3.76. The van der Waals surface area contributed by atoms with Crippen molar-refractivity contribution in [2.45, 2.75) is 11.6 Å². The van der Waals surface area contributed by atoms with Gasteiger partial charge in [-0.3, -0.25) is 4.79 Å². The summed E-state index contributed by atoms with van der Waals surface area (Å²) < 4.78 is 54.7. The Balaban J connectivity index is 2.83. The van der Waals surface area contributed by atoms with Crippen molar-refractivity contribution in [3.05, 3.63) is 29.6 Å². The standard InChI is InChI=1S/C10H7ClF4O3/c11-7(9(16)17)4-18-5-1-2-8(12)6(3-5)10(13,14)15/h1-3,7H,4H2,(H,16,17). The summed E-state index contributed by atoms with van der Waals surface area (Å²) in [6, 6.07) is 1.99. The van der Waals surface area contributed by atoms with Gasteiger partial charge >= 0.3 is 12.1 Å². The minimum Gasteiger partial charge on any atom is -0.491 e. The van der Waals surface area contributed by atoms with Gasteiger partial charge in [0, 0.05) is 0 Å². The first-order valence-electron chi connectivity index (χ1n) is 4.58. The fraction of sp³-hybridized carbons (Fsp3) is 0.300. The molecule has 0 fully saturated rings. The summed E-state index contributed by atoms with van der Waals surface area (Å²) in [6.45, 7) is -0.528. The molecule has 1 unspecified atom stereocenters. The van der Waals surface area contributed by atoms with E-state index in [2.05, 4.69) is 0 Å². The monoisotopic (exact) mass is 286 g/mol. The van der Waals surface area contributed by atoms with Crippen LogP contribution in [0.1, 0.15) is 5.56 Å². The molecule has 8 heteroatoms. The number of alkyl halides is 4. The number of benzene rings is 1. The first-order valence-corrected chi connectivity index (χ1v) is 5.02. The third-order valence-electron chi connectivity index (χ3n) is 1.91. The van der Waals surface area contributed by atoms with Crippen LogP contribution in [0.25, 0.3) is 0 Å². The molecule has 1 aromatic rings. The van der Waals surface area contributed by atoms with Gasteiger partial charge < -0.3 is 9.84 Å². The molecule has 1 N–H and O–H groups in total. The van der Waals surface area contributed by atoms with Crippen LogP contribution in [-0.2, 0) is 11.0 Å². The molecule has 1 aromatic carbocycles. The number of aliphatic carboxylic acids is 1. The fourth-order valence-corrected chi connectivity index (χ4v) is 1.12. The van der Waals surface area contributed by atoms with Crippen LogP contribution in [0.3, 0.4) is 0 Å². The molecule has 18 heavy (non-hydrogen) atoms. The summed E-state index contributed by atoms with van der Waals surface area (Å²) in [5.41, 5.74) is -1.48. The molecule has 3 nitrogen and oxygen atoms in total. The van der Waals surface area contributed by atoms with Crippen LogP contribution < -0.4 is 4.74 Å². The molecule has 100 valence electrons. The summed E-state index contributed by atoms with van der Waals surface area (Å²) in [4.78, 5) is 10.3. The second-order valence-electron chi connectivity index (χ2n) is 3.26. The molecule has 1 rings (SSSR count). The van der Waals surface area contributed by atoms with Crippen molar-refractivity contribution in [1.29, 1.82) is 0 Å². The van der Waals surface area contributed by atoms with Gasteiger partial charge in [-0.2, -0.15) is 13.2 Å². The molecule has 0 aliphatic heterocycles. The highest BCUT2D eigenvalue weighted by Crippen LogP contribution is 2.33. The van der Waals surface area contributed by atoms with E-state index in [1.165, 1.54) is 0 Å². The Hall–Kier alpha value is -1.50. The van der Waals surface area contributed by atoms with Crippen LogP contribution in [0.4, 0.5) is 17.6 Å². The highest BCUT2D eigenvalue weighted by molar-refractivity contribution is 6.29. The van der Waals surface area contributed by atoms with E-state index in [4.69, 9.17) is 21.4 Å². The minimum atomic E-state index is -4.85. The van der Waals surface area contributed by atoms with Gasteiger partial charge in [0.1, 0.15) is 18.2 Å². The van der Waals surface area contributed by atoms with E-state index in [0.29, 0.717) is 12.1 Å². The van der Waals surface area contributed by atoms with Crippen molar-refractivity contribution >= 4 is 17.6 Å². The second-order valence-corrected chi connectivity index (χ2v) is 3.78. The minimum absolute atomic E-state index is 0.310. The predicted molar refractivity (Wildman–Crippen MR) is 54.2 cm³/mol. The third-order valence-corrected chi connectivity index (χ3v) is 2.22. The molecule has 0 saturated carbocycles. The van der Waals surface area contributed by atoms with Gasteiger partial charge in [0.15, 0.2) is 5.38 Å². The molecular weight excluding hydrogens is 280 g/mol. The maximum Gasteiger partial charge on any atom is 0.419 e. The van der Waals surface area contributed by atoms with E-state index >= 15 is 0 Å². The SMILES string of the molecule is O=C(O)C(Cl)COc1ccc(F)c(C(F)(F)F)c1. The van der Waals surface area contributed by atoms with Crippen LogP contribution in [-0.4, -0.2) is 23.1 Å². The lowest BCUT2D eigenvalue weighted by Gasteiger charge is -2.12. The van der Waals surface area contributed by atoms with Gasteiger partial charge in [0.25, 0.3) is 0 Å². The molecule has 1 atom stereocenters. The van der Waals surface area contributed by atoms with Crippen LogP contribution in [0.5, 0.6) is 5.75 Å². The summed E-state index contributed by atoms with van der Waals surface area (Å²) in [7, 11) is 0. The van der Waals surface area contributed by atoms with E-state index in [-0.39, 0.29) is 5.75 Å². The zero-order chi connectivity index (χ0) is 13.9. The van der Waals surface area contributed by atoms with Gasteiger partial charge in [0.05, 0.1) is 5.56 Å². The largest absolute Gasteiger partial charge is 0.491 e. The Bertz CT molecular complexity index is 447. The first kappa shape index (κ1) is 14.6. The predicted octanol–water partition coefficient (Wildman–Crippen LogP) is 2.92. The van der Waals surface area contributed by atoms with Crippen molar-refractivity contribution < 1.29 is 32.2 Å². The summed E-state index contributed by atoms with van der Waals surface area (Å²) in [5, 5.41) is 7.04. The van der Waals surface area contributed by atoms with Gasteiger partial charge in [-0.25, -0.2) is 4.39 Å². The summed E-state index contributed by atoms with van der Waals surface area (Å²) in [5.74, 6) is -3.11. The Kier molecular flexibility index (Phi) is 4.39. The number of ether oxygens (including phenoxy) is 1. The highest BCUT2D eigenvalue weighted by atomic mass is 35.5. The summed E-state index contributed by atoms with van der Waals surface area (Å²) >= 11 is 5.31. The normalized spacial score (nSPS) is 13.2. The first-order chi connectivity index (χ1) is 8.21. The molecule has 0 amide bonds. The molecule has 0 heterocycles. The van der Waals surface area contributed by atoms with E-state index in [1.807, 2.05) is 0 Å². The zero-order valence-electron chi connectivity index (χ0n) is 8.67. The molecule has 0 bridgehead atoms. The maximum atomic E-state index is 12.9.